The summed E-state index contributed by atoms with van der Waals surface area (Å²) in [5.41, 5.74) is 0.646. The predicted octanol–water partition coefficient (Wildman–Crippen LogP) is 2.79. The number of carbonyl (C=O) groups excluding carboxylic acids is 1. The van der Waals surface area contributed by atoms with E-state index in [-0.39, 0.29) is 28.7 Å². The number of nitrogens with zero attached hydrogens (tertiary/aromatic N) is 1. The summed E-state index contributed by atoms with van der Waals surface area (Å²) in [6.45, 7) is 4.11. The molecule has 8 heteroatoms. The SMILES string of the molecule is Cc1ccc(S(=O)(=O)N2CC(C(=O)NCc3cccs3)C3(CCOCC3)C2)cc1. The van der Waals surface area contributed by atoms with Gasteiger partial charge in [-0.15, -0.1) is 11.3 Å². The Morgan fingerprint density at radius 1 is 1.24 bits per heavy atom. The minimum Gasteiger partial charge on any atom is -0.381 e. The van der Waals surface area contributed by atoms with E-state index in [2.05, 4.69) is 5.32 Å². The van der Waals surface area contributed by atoms with E-state index in [4.69, 9.17) is 4.74 Å². The molecule has 2 aliphatic rings. The molecule has 1 atom stereocenters. The van der Waals surface area contributed by atoms with E-state index in [1.807, 2.05) is 24.4 Å². The lowest BCUT2D eigenvalue weighted by Gasteiger charge is -2.37. The van der Waals surface area contributed by atoms with Crippen molar-refractivity contribution in [3.63, 3.8) is 0 Å². The number of rotatable bonds is 5. The monoisotopic (exact) mass is 434 g/mol. The summed E-state index contributed by atoms with van der Waals surface area (Å²) in [6.07, 6.45) is 1.40. The van der Waals surface area contributed by atoms with Gasteiger partial charge in [-0.3, -0.25) is 4.79 Å². The molecule has 1 aromatic heterocycles. The summed E-state index contributed by atoms with van der Waals surface area (Å²) in [7, 11) is -3.64. The normalized spacial score (nSPS) is 22.0. The first-order valence-corrected chi connectivity index (χ1v) is 12.2. The van der Waals surface area contributed by atoms with Gasteiger partial charge in [-0.2, -0.15) is 4.31 Å². The number of thiophene rings is 1. The highest BCUT2D eigenvalue weighted by Gasteiger charge is 2.53. The molecule has 1 spiro atoms. The van der Waals surface area contributed by atoms with Crippen LogP contribution in [0, 0.1) is 18.3 Å². The van der Waals surface area contributed by atoms with Crippen LogP contribution in [0.3, 0.4) is 0 Å². The van der Waals surface area contributed by atoms with Gasteiger partial charge in [0.15, 0.2) is 0 Å². The Balaban J connectivity index is 1.56. The van der Waals surface area contributed by atoms with Crippen LogP contribution >= 0.6 is 11.3 Å². The van der Waals surface area contributed by atoms with Crippen molar-refractivity contribution in [1.29, 1.82) is 0 Å². The predicted molar refractivity (Wildman–Crippen MR) is 112 cm³/mol. The molecule has 3 heterocycles. The van der Waals surface area contributed by atoms with E-state index in [0.29, 0.717) is 39.1 Å². The van der Waals surface area contributed by atoms with Crippen molar-refractivity contribution in [2.24, 2.45) is 11.3 Å². The van der Waals surface area contributed by atoms with Crippen molar-refractivity contribution in [2.45, 2.75) is 31.2 Å². The van der Waals surface area contributed by atoms with Crippen LogP contribution in [0.5, 0.6) is 0 Å². The van der Waals surface area contributed by atoms with Crippen LogP contribution in [-0.4, -0.2) is 44.9 Å². The van der Waals surface area contributed by atoms with Crippen molar-refractivity contribution in [1.82, 2.24) is 9.62 Å². The van der Waals surface area contributed by atoms with Crippen LogP contribution in [0.1, 0.15) is 23.3 Å². The molecule has 1 aromatic carbocycles. The van der Waals surface area contributed by atoms with Crippen molar-refractivity contribution in [3.8, 4) is 0 Å². The van der Waals surface area contributed by atoms with Gasteiger partial charge in [-0.1, -0.05) is 23.8 Å². The van der Waals surface area contributed by atoms with Crippen molar-refractivity contribution < 1.29 is 17.9 Å². The van der Waals surface area contributed by atoms with E-state index < -0.39 is 10.0 Å². The van der Waals surface area contributed by atoms with E-state index in [9.17, 15) is 13.2 Å². The van der Waals surface area contributed by atoms with Crippen LogP contribution in [0.15, 0.2) is 46.7 Å². The topological polar surface area (TPSA) is 75.7 Å². The van der Waals surface area contributed by atoms with Gasteiger partial charge in [0.05, 0.1) is 17.4 Å². The summed E-state index contributed by atoms with van der Waals surface area (Å²) in [4.78, 5) is 14.5. The molecule has 0 radical (unpaired) electrons. The summed E-state index contributed by atoms with van der Waals surface area (Å²) < 4.78 is 33.5. The summed E-state index contributed by atoms with van der Waals surface area (Å²) in [5.74, 6) is -0.437. The fourth-order valence-corrected chi connectivity index (χ4v) is 6.52. The molecule has 1 amide bonds. The molecule has 0 aliphatic carbocycles. The molecule has 0 saturated carbocycles. The fraction of sp³-hybridized carbons (Fsp3) is 0.476. The van der Waals surface area contributed by atoms with Gasteiger partial charge in [0.1, 0.15) is 0 Å². The molecule has 4 rings (SSSR count). The molecule has 1 unspecified atom stereocenters. The molecule has 0 bridgehead atoms. The smallest absolute Gasteiger partial charge is 0.243 e. The molecule has 2 saturated heterocycles. The van der Waals surface area contributed by atoms with E-state index >= 15 is 0 Å². The van der Waals surface area contributed by atoms with Crippen molar-refractivity contribution in [2.75, 3.05) is 26.3 Å². The van der Waals surface area contributed by atoms with Crippen LogP contribution < -0.4 is 5.32 Å². The fourth-order valence-electron chi connectivity index (χ4n) is 4.32. The van der Waals surface area contributed by atoms with Crippen LogP contribution in [0.4, 0.5) is 0 Å². The molecule has 1 N–H and O–H groups in total. The Bertz CT molecular complexity index is 949. The number of ether oxygens (including phenoxy) is 1. The minimum atomic E-state index is -3.64. The van der Waals surface area contributed by atoms with Gasteiger partial charge in [0.25, 0.3) is 0 Å². The molecule has 2 aliphatic heterocycles. The number of carbonyl (C=O) groups is 1. The number of amides is 1. The Hall–Kier alpha value is -1.74. The first kappa shape index (κ1) is 20.5. The third-order valence-corrected chi connectivity index (χ3v) is 8.80. The maximum absolute atomic E-state index is 13.2. The van der Waals surface area contributed by atoms with Gasteiger partial charge in [-0.25, -0.2) is 8.42 Å². The van der Waals surface area contributed by atoms with E-state index in [1.54, 1.807) is 35.6 Å². The molecular formula is C21H26N2O4S2. The van der Waals surface area contributed by atoms with Gasteiger partial charge >= 0.3 is 0 Å². The maximum Gasteiger partial charge on any atom is 0.243 e. The Labute approximate surface area is 175 Å². The number of hydrogen-bond donors (Lipinski definition) is 1. The third kappa shape index (κ3) is 4.12. The lowest BCUT2D eigenvalue weighted by Crippen LogP contribution is -2.44. The van der Waals surface area contributed by atoms with Crippen LogP contribution in [-0.2, 0) is 26.1 Å². The zero-order chi connectivity index (χ0) is 20.5. The Morgan fingerprint density at radius 2 is 1.97 bits per heavy atom. The first-order valence-electron chi connectivity index (χ1n) is 9.85. The summed E-state index contributed by atoms with van der Waals surface area (Å²) in [5, 5.41) is 5.01. The highest BCUT2D eigenvalue weighted by Crippen LogP contribution is 2.46. The second-order valence-corrected chi connectivity index (χ2v) is 10.9. The first-order chi connectivity index (χ1) is 13.9. The lowest BCUT2D eigenvalue weighted by atomic mass is 9.72. The molecule has 29 heavy (non-hydrogen) atoms. The Morgan fingerprint density at radius 3 is 2.62 bits per heavy atom. The summed E-state index contributed by atoms with van der Waals surface area (Å²) >= 11 is 1.60. The van der Waals surface area contributed by atoms with Gasteiger partial charge in [0, 0.05) is 36.6 Å². The van der Waals surface area contributed by atoms with Crippen LogP contribution in [0.2, 0.25) is 0 Å². The lowest BCUT2D eigenvalue weighted by molar-refractivity contribution is -0.130. The number of sulfonamides is 1. The van der Waals surface area contributed by atoms with E-state index in [0.717, 1.165) is 10.4 Å². The molecular weight excluding hydrogens is 408 g/mol. The maximum atomic E-state index is 13.2. The standard InChI is InChI=1S/C21H26N2O4S2/c1-16-4-6-18(7-5-16)29(25,26)23-14-19(21(15-23)8-10-27-11-9-21)20(24)22-13-17-3-2-12-28-17/h2-7,12,19H,8-11,13-15H2,1H3,(H,22,24). The zero-order valence-corrected chi connectivity index (χ0v) is 18.1. The highest BCUT2D eigenvalue weighted by atomic mass is 32.2. The van der Waals surface area contributed by atoms with Gasteiger partial charge in [-0.05, 0) is 43.3 Å². The summed E-state index contributed by atoms with van der Waals surface area (Å²) in [6, 6.07) is 10.8. The molecule has 156 valence electrons. The van der Waals surface area contributed by atoms with Crippen LogP contribution in [0.25, 0.3) is 0 Å². The number of benzene rings is 1. The second-order valence-electron chi connectivity index (χ2n) is 7.94. The van der Waals surface area contributed by atoms with Gasteiger partial charge < -0.3 is 10.1 Å². The molecule has 6 nitrogen and oxygen atoms in total. The quantitative estimate of drug-likeness (QED) is 0.785. The number of nitrogens with one attached hydrogen (secondary N) is 1. The van der Waals surface area contributed by atoms with Crippen molar-refractivity contribution in [3.05, 3.63) is 52.2 Å². The van der Waals surface area contributed by atoms with E-state index in [1.165, 1.54) is 4.31 Å². The number of aryl methyl sites for hydroxylation is 1. The third-order valence-electron chi connectivity index (χ3n) is 6.10. The highest BCUT2D eigenvalue weighted by molar-refractivity contribution is 7.89. The number of hydrogen-bond acceptors (Lipinski definition) is 5. The zero-order valence-electron chi connectivity index (χ0n) is 16.5. The average molecular weight is 435 g/mol. The molecule has 2 fully saturated rings. The largest absolute Gasteiger partial charge is 0.381 e. The minimum absolute atomic E-state index is 0.0677. The second kappa shape index (κ2) is 8.18. The van der Waals surface area contributed by atoms with Gasteiger partial charge in [0.2, 0.25) is 15.9 Å². The molecule has 2 aromatic rings. The average Bonchev–Trinajstić information content (AvgIpc) is 3.36. The Kier molecular flexibility index (Phi) is 5.79. The van der Waals surface area contributed by atoms with Crippen molar-refractivity contribution >= 4 is 27.3 Å².